The molecule has 0 spiro atoms. The highest BCUT2D eigenvalue weighted by molar-refractivity contribution is 8.26. The van der Waals surface area contributed by atoms with Crippen LogP contribution < -0.4 is 14.8 Å². The van der Waals surface area contributed by atoms with E-state index in [1.807, 2.05) is 74.5 Å². The van der Waals surface area contributed by atoms with E-state index < -0.39 is 0 Å². The Morgan fingerprint density at radius 3 is 2.58 bits per heavy atom. The van der Waals surface area contributed by atoms with Crippen LogP contribution in [0, 0.1) is 6.92 Å². The first-order valence-electron chi connectivity index (χ1n) is 11.5. The van der Waals surface area contributed by atoms with Crippen molar-refractivity contribution in [1.82, 2.24) is 4.90 Å². The summed E-state index contributed by atoms with van der Waals surface area (Å²) in [4.78, 5) is 27.5. The maximum atomic E-state index is 13.0. The number of amides is 2. The fourth-order valence-corrected chi connectivity index (χ4v) is 4.87. The molecule has 4 rings (SSSR count). The zero-order valence-electron chi connectivity index (χ0n) is 20.0. The Labute approximate surface area is 220 Å². The highest BCUT2D eigenvalue weighted by Gasteiger charge is 2.32. The first-order chi connectivity index (χ1) is 17.4. The normalized spacial score (nSPS) is 14.3. The number of anilines is 1. The molecule has 2 amide bonds. The van der Waals surface area contributed by atoms with Gasteiger partial charge in [-0.05, 0) is 60.9 Å². The molecule has 3 aromatic carbocycles. The molecule has 0 saturated carbocycles. The molecule has 6 nitrogen and oxygen atoms in total. The molecule has 0 aromatic heterocycles. The number of carbonyl (C=O) groups excluding carboxylic acids is 2. The molecule has 1 aliphatic rings. The molecule has 0 radical (unpaired) electrons. The third-order valence-corrected chi connectivity index (χ3v) is 6.66. The Hall–Kier alpha value is -3.62. The van der Waals surface area contributed by atoms with Gasteiger partial charge in [0.1, 0.15) is 4.32 Å². The van der Waals surface area contributed by atoms with E-state index in [9.17, 15) is 9.59 Å². The van der Waals surface area contributed by atoms with E-state index in [1.54, 1.807) is 23.1 Å². The Balaban J connectivity index is 1.44. The van der Waals surface area contributed by atoms with Crippen LogP contribution in [-0.2, 0) is 16.1 Å². The van der Waals surface area contributed by atoms with Crippen LogP contribution in [0.5, 0.6) is 11.5 Å². The molecule has 0 atom stereocenters. The van der Waals surface area contributed by atoms with Crippen LogP contribution in [-0.4, -0.2) is 34.2 Å². The van der Waals surface area contributed by atoms with Gasteiger partial charge in [-0.2, -0.15) is 0 Å². The van der Waals surface area contributed by atoms with Gasteiger partial charge in [-0.1, -0.05) is 72.5 Å². The van der Waals surface area contributed by atoms with Gasteiger partial charge in [-0.15, -0.1) is 0 Å². The zero-order chi connectivity index (χ0) is 25.5. The van der Waals surface area contributed by atoms with Crippen molar-refractivity contribution in [3.8, 4) is 11.5 Å². The first-order valence-corrected chi connectivity index (χ1v) is 12.7. The molecule has 1 aliphatic heterocycles. The summed E-state index contributed by atoms with van der Waals surface area (Å²) in [5, 5.41) is 2.82. The van der Waals surface area contributed by atoms with E-state index in [1.165, 1.54) is 11.8 Å². The van der Waals surface area contributed by atoms with Crippen molar-refractivity contribution in [3.63, 3.8) is 0 Å². The maximum absolute atomic E-state index is 13.0. The van der Waals surface area contributed by atoms with Gasteiger partial charge in [0.05, 0.1) is 18.1 Å². The molecule has 8 heteroatoms. The van der Waals surface area contributed by atoms with Crippen LogP contribution in [0.15, 0.2) is 77.7 Å². The van der Waals surface area contributed by atoms with Gasteiger partial charge in [0.15, 0.2) is 18.1 Å². The summed E-state index contributed by atoms with van der Waals surface area (Å²) in [6, 6.07) is 22.7. The van der Waals surface area contributed by atoms with Crippen LogP contribution >= 0.6 is 24.0 Å². The van der Waals surface area contributed by atoms with Crippen molar-refractivity contribution in [1.29, 1.82) is 0 Å². The minimum Gasteiger partial charge on any atom is -0.490 e. The third-order valence-electron chi connectivity index (χ3n) is 5.28. The van der Waals surface area contributed by atoms with Gasteiger partial charge in [0.2, 0.25) is 0 Å². The van der Waals surface area contributed by atoms with E-state index in [-0.39, 0.29) is 18.4 Å². The van der Waals surface area contributed by atoms with Crippen molar-refractivity contribution in [3.05, 3.63) is 94.4 Å². The van der Waals surface area contributed by atoms with Gasteiger partial charge in [0.25, 0.3) is 11.8 Å². The molecule has 1 fully saturated rings. The molecule has 0 unspecified atom stereocenters. The maximum Gasteiger partial charge on any atom is 0.266 e. The lowest BCUT2D eigenvalue weighted by molar-refractivity contribution is -0.122. The number of rotatable bonds is 9. The van der Waals surface area contributed by atoms with Crippen LogP contribution in [0.4, 0.5) is 5.69 Å². The first kappa shape index (κ1) is 25.5. The lowest BCUT2D eigenvalue weighted by Gasteiger charge is -2.14. The number of thiocarbonyl (C=S) groups is 1. The Kier molecular flexibility index (Phi) is 8.40. The van der Waals surface area contributed by atoms with Crippen molar-refractivity contribution in [2.75, 3.05) is 18.5 Å². The molecule has 184 valence electrons. The molecule has 36 heavy (non-hydrogen) atoms. The lowest BCUT2D eigenvalue weighted by atomic mass is 10.1. The predicted octanol–water partition coefficient (Wildman–Crippen LogP) is 5.81. The summed E-state index contributed by atoms with van der Waals surface area (Å²) in [6.07, 6.45) is 1.79. The molecule has 1 N–H and O–H groups in total. The average Bonchev–Trinajstić information content (AvgIpc) is 3.11. The van der Waals surface area contributed by atoms with E-state index in [2.05, 4.69) is 5.32 Å². The molecule has 1 saturated heterocycles. The second-order valence-corrected chi connectivity index (χ2v) is 9.77. The van der Waals surface area contributed by atoms with Crippen molar-refractivity contribution >= 4 is 51.9 Å². The van der Waals surface area contributed by atoms with Gasteiger partial charge < -0.3 is 14.8 Å². The zero-order valence-corrected chi connectivity index (χ0v) is 21.7. The summed E-state index contributed by atoms with van der Waals surface area (Å²) in [7, 11) is 0. The Morgan fingerprint density at radius 1 is 1.03 bits per heavy atom. The van der Waals surface area contributed by atoms with Gasteiger partial charge >= 0.3 is 0 Å². The van der Waals surface area contributed by atoms with E-state index >= 15 is 0 Å². The molecule has 0 bridgehead atoms. The highest BCUT2D eigenvalue weighted by atomic mass is 32.2. The van der Waals surface area contributed by atoms with Crippen molar-refractivity contribution < 1.29 is 19.1 Å². The number of ether oxygens (including phenoxy) is 2. The van der Waals surface area contributed by atoms with Crippen molar-refractivity contribution in [2.45, 2.75) is 20.4 Å². The van der Waals surface area contributed by atoms with Crippen LogP contribution in [0.2, 0.25) is 0 Å². The summed E-state index contributed by atoms with van der Waals surface area (Å²) < 4.78 is 12.0. The summed E-state index contributed by atoms with van der Waals surface area (Å²) in [5.41, 5.74) is 3.56. The number of benzene rings is 3. The fraction of sp³-hybridized carbons (Fsp3) is 0.179. The van der Waals surface area contributed by atoms with Crippen LogP contribution in [0.1, 0.15) is 23.6 Å². The number of carbonyl (C=O) groups is 2. The standard InChI is InChI=1S/C28H26N2O4S2/c1-3-33-24-15-21(12-13-23(24)34-18-26(31)29-22-11-7-8-19(2)14-22)16-25-27(32)30(28(35)36-25)17-20-9-5-4-6-10-20/h4-16H,3,17-18H2,1-2H3,(H,29,31)/b25-16-. The topological polar surface area (TPSA) is 67.9 Å². The number of nitrogens with one attached hydrogen (secondary N) is 1. The molecule has 0 aliphatic carbocycles. The lowest BCUT2D eigenvalue weighted by Crippen LogP contribution is -2.27. The molecular weight excluding hydrogens is 492 g/mol. The van der Waals surface area contributed by atoms with Gasteiger partial charge in [-0.3, -0.25) is 14.5 Å². The van der Waals surface area contributed by atoms with E-state index in [4.69, 9.17) is 21.7 Å². The second kappa shape index (κ2) is 11.9. The monoisotopic (exact) mass is 518 g/mol. The summed E-state index contributed by atoms with van der Waals surface area (Å²) in [6.45, 7) is 4.53. The number of hydrogen-bond acceptors (Lipinski definition) is 6. The van der Waals surface area contributed by atoms with Crippen LogP contribution in [0.25, 0.3) is 6.08 Å². The minimum absolute atomic E-state index is 0.125. The fourth-order valence-electron chi connectivity index (χ4n) is 3.62. The number of thioether (sulfide) groups is 1. The summed E-state index contributed by atoms with van der Waals surface area (Å²) >= 11 is 6.73. The highest BCUT2D eigenvalue weighted by Crippen LogP contribution is 2.35. The smallest absolute Gasteiger partial charge is 0.266 e. The van der Waals surface area contributed by atoms with Gasteiger partial charge in [-0.25, -0.2) is 0 Å². The van der Waals surface area contributed by atoms with Crippen LogP contribution in [0.3, 0.4) is 0 Å². The number of aryl methyl sites for hydroxylation is 1. The minimum atomic E-state index is -0.269. The van der Waals surface area contributed by atoms with Gasteiger partial charge in [0, 0.05) is 5.69 Å². The number of hydrogen-bond donors (Lipinski definition) is 1. The van der Waals surface area contributed by atoms with E-state index in [0.717, 1.165) is 16.7 Å². The Morgan fingerprint density at radius 2 is 1.83 bits per heavy atom. The molecular formula is C28H26N2O4S2. The predicted molar refractivity (Wildman–Crippen MR) is 148 cm³/mol. The largest absolute Gasteiger partial charge is 0.490 e. The second-order valence-electron chi connectivity index (χ2n) is 8.10. The van der Waals surface area contributed by atoms with Crippen molar-refractivity contribution in [2.24, 2.45) is 0 Å². The molecule has 3 aromatic rings. The Bertz CT molecular complexity index is 1310. The molecule has 1 heterocycles. The summed E-state index contributed by atoms with van der Waals surface area (Å²) in [5.74, 6) is 0.550. The number of nitrogens with zero attached hydrogens (tertiary/aromatic N) is 1. The quantitative estimate of drug-likeness (QED) is 0.285. The average molecular weight is 519 g/mol. The third kappa shape index (κ3) is 6.53. The van der Waals surface area contributed by atoms with E-state index in [0.29, 0.717) is 39.6 Å². The SMILES string of the molecule is CCOc1cc(/C=C2\SC(=S)N(Cc3ccccc3)C2=O)ccc1OCC(=O)Nc1cccc(C)c1.